The largest absolute Gasteiger partial charge is 0.487 e. The number of aromatic nitrogens is 1. The van der Waals surface area contributed by atoms with E-state index in [1.165, 1.54) is 0 Å². The van der Waals surface area contributed by atoms with Crippen LogP contribution in [0.5, 0.6) is 5.75 Å². The SMILES string of the molecule is O=C(O)N1C[C@@H](Oc2ccc(C(F)(F)F)nc2)C[C@H]1COC(F)F. The summed E-state index contributed by atoms with van der Waals surface area (Å²) < 4.78 is 70.9. The molecular formula is C13H13F5N2O4. The summed E-state index contributed by atoms with van der Waals surface area (Å²) in [7, 11) is 0. The Morgan fingerprint density at radius 2 is 2.12 bits per heavy atom. The third-order valence-corrected chi connectivity index (χ3v) is 3.37. The van der Waals surface area contributed by atoms with Crippen molar-refractivity contribution in [3.63, 3.8) is 0 Å². The summed E-state index contributed by atoms with van der Waals surface area (Å²) in [5, 5.41) is 9.05. The van der Waals surface area contributed by atoms with Crippen LogP contribution in [0.3, 0.4) is 0 Å². The van der Waals surface area contributed by atoms with Crippen LogP contribution in [0.2, 0.25) is 0 Å². The number of ether oxygens (including phenoxy) is 2. The van der Waals surface area contributed by atoms with E-state index in [-0.39, 0.29) is 18.7 Å². The van der Waals surface area contributed by atoms with Gasteiger partial charge in [-0.25, -0.2) is 9.78 Å². The van der Waals surface area contributed by atoms with Gasteiger partial charge in [0.25, 0.3) is 0 Å². The average molecular weight is 356 g/mol. The second-order valence-electron chi connectivity index (χ2n) is 5.04. The highest BCUT2D eigenvalue weighted by molar-refractivity contribution is 5.66. The van der Waals surface area contributed by atoms with E-state index in [0.29, 0.717) is 0 Å². The van der Waals surface area contributed by atoms with Crippen molar-refractivity contribution < 1.29 is 41.3 Å². The summed E-state index contributed by atoms with van der Waals surface area (Å²) in [5.41, 5.74) is -1.09. The maximum atomic E-state index is 12.4. The normalized spacial score (nSPS) is 21.3. The van der Waals surface area contributed by atoms with Crippen molar-refractivity contribution in [2.75, 3.05) is 13.2 Å². The summed E-state index contributed by atoms with van der Waals surface area (Å²) in [6.45, 7) is -3.65. The Labute approximate surface area is 132 Å². The van der Waals surface area contributed by atoms with E-state index in [9.17, 15) is 26.7 Å². The zero-order valence-corrected chi connectivity index (χ0v) is 12.0. The van der Waals surface area contributed by atoms with Crippen LogP contribution in [0.4, 0.5) is 26.7 Å². The molecule has 1 aliphatic rings. The number of halogens is 5. The van der Waals surface area contributed by atoms with Gasteiger partial charge in [-0.3, -0.25) is 4.90 Å². The molecule has 0 radical (unpaired) electrons. The lowest BCUT2D eigenvalue weighted by Crippen LogP contribution is -2.38. The van der Waals surface area contributed by atoms with E-state index < -0.39 is 43.3 Å². The van der Waals surface area contributed by atoms with E-state index in [4.69, 9.17) is 9.84 Å². The molecule has 6 nitrogen and oxygen atoms in total. The molecule has 0 unspecified atom stereocenters. The number of rotatable bonds is 5. The van der Waals surface area contributed by atoms with Gasteiger partial charge in [-0.2, -0.15) is 22.0 Å². The molecule has 1 amide bonds. The summed E-state index contributed by atoms with van der Waals surface area (Å²) in [6, 6.07) is 0.963. The molecule has 1 N–H and O–H groups in total. The number of amides is 1. The molecule has 11 heteroatoms. The Morgan fingerprint density at radius 1 is 1.42 bits per heavy atom. The zero-order valence-electron chi connectivity index (χ0n) is 12.0. The molecule has 2 heterocycles. The van der Waals surface area contributed by atoms with E-state index in [1.807, 2.05) is 0 Å². The molecule has 2 atom stereocenters. The van der Waals surface area contributed by atoms with Crippen molar-refractivity contribution in [3.05, 3.63) is 24.0 Å². The first-order valence-electron chi connectivity index (χ1n) is 6.76. The summed E-state index contributed by atoms with van der Waals surface area (Å²) in [6.07, 6.45) is -5.67. The maximum absolute atomic E-state index is 12.4. The summed E-state index contributed by atoms with van der Waals surface area (Å²) >= 11 is 0. The zero-order chi connectivity index (χ0) is 17.9. The standard InChI is InChI=1S/C13H13F5N2O4/c14-11(15)23-6-7-3-9(5-20(7)12(21)22)24-8-1-2-10(19-4-8)13(16,17)18/h1-2,4,7,9,11H,3,5-6H2,(H,21,22)/t7-,9-/m0/s1. The van der Waals surface area contributed by atoms with Crippen molar-refractivity contribution in [2.24, 2.45) is 0 Å². The smallest absolute Gasteiger partial charge is 0.433 e. The molecule has 1 fully saturated rings. The minimum absolute atomic E-state index is 0.0220. The van der Waals surface area contributed by atoms with E-state index >= 15 is 0 Å². The number of hydrogen-bond acceptors (Lipinski definition) is 4. The Bertz CT molecular complexity index is 566. The minimum Gasteiger partial charge on any atom is -0.487 e. The molecule has 134 valence electrons. The quantitative estimate of drug-likeness (QED) is 0.822. The van der Waals surface area contributed by atoms with Gasteiger partial charge in [-0.1, -0.05) is 0 Å². The third kappa shape index (κ3) is 4.66. The topological polar surface area (TPSA) is 71.9 Å². The van der Waals surface area contributed by atoms with Crippen LogP contribution in [0.25, 0.3) is 0 Å². The predicted molar refractivity (Wildman–Crippen MR) is 68.7 cm³/mol. The van der Waals surface area contributed by atoms with Crippen LogP contribution in [0, 0.1) is 0 Å². The number of nitrogens with zero attached hydrogens (tertiary/aromatic N) is 2. The van der Waals surface area contributed by atoms with Gasteiger partial charge in [0.1, 0.15) is 17.5 Å². The molecule has 2 rings (SSSR count). The first-order valence-corrected chi connectivity index (χ1v) is 6.76. The third-order valence-electron chi connectivity index (χ3n) is 3.37. The Balaban J connectivity index is 1.98. The summed E-state index contributed by atoms with van der Waals surface area (Å²) in [5.74, 6) is 0.0220. The first kappa shape index (κ1) is 18.2. The molecular weight excluding hydrogens is 343 g/mol. The molecule has 0 aliphatic carbocycles. The lowest BCUT2D eigenvalue weighted by molar-refractivity contribution is -0.141. The van der Waals surface area contributed by atoms with Gasteiger partial charge in [0, 0.05) is 6.42 Å². The predicted octanol–water partition coefficient (Wildman–Crippen LogP) is 2.84. The van der Waals surface area contributed by atoms with Crippen molar-refractivity contribution >= 4 is 6.09 Å². The van der Waals surface area contributed by atoms with Crippen molar-refractivity contribution in [2.45, 2.75) is 31.4 Å². The number of carboxylic acid groups (broad SMARTS) is 1. The fraction of sp³-hybridized carbons (Fsp3) is 0.538. The number of likely N-dealkylation sites (tertiary alicyclic amines) is 1. The van der Waals surface area contributed by atoms with E-state index in [0.717, 1.165) is 23.2 Å². The Hall–Kier alpha value is -2.17. The molecule has 0 saturated carbocycles. The Morgan fingerprint density at radius 3 is 2.62 bits per heavy atom. The van der Waals surface area contributed by atoms with Gasteiger partial charge in [0.15, 0.2) is 0 Å². The fourth-order valence-electron chi connectivity index (χ4n) is 2.35. The first-order chi connectivity index (χ1) is 11.2. The second-order valence-corrected chi connectivity index (χ2v) is 5.04. The lowest BCUT2D eigenvalue weighted by atomic mass is 10.2. The molecule has 24 heavy (non-hydrogen) atoms. The van der Waals surface area contributed by atoms with E-state index in [1.54, 1.807) is 0 Å². The van der Waals surface area contributed by atoms with Crippen LogP contribution < -0.4 is 4.74 Å². The van der Waals surface area contributed by atoms with Gasteiger partial charge in [0.05, 0.1) is 25.4 Å². The van der Waals surface area contributed by atoms with Gasteiger partial charge < -0.3 is 14.6 Å². The monoisotopic (exact) mass is 356 g/mol. The fourth-order valence-corrected chi connectivity index (χ4v) is 2.35. The van der Waals surface area contributed by atoms with Gasteiger partial charge in [-0.15, -0.1) is 0 Å². The lowest BCUT2D eigenvalue weighted by Gasteiger charge is -2.20. The highest BCUT2D eigenvalue weighted by Gasteiger charge is 2.37. The van der Waals surface area contributed by atoms with Crippen LogP contribution in [0.1, 0.15) is 12.1 Å². The van der Waals surface area contributed by atoms with Crippen LogP contribution >= 0.6 is 0 Å². The Kier molecular flexibility index (Phi) is 5.42. The van der Waals surface area contributed by atoms with Crippen LogP contribution in [0.15, 0.2) is 18.3 Å². The van der Waals surface area contributed by atoms with Gasteiger partial charge >= 0.3 is 18.9 Å². The van der Waals surface area contributed by atoms with Crippen molar-refractivity contribution in [1.29, 1.82) is 0 Å². The molecule has 1 saturated heterocycles. The maximum Gasteiger partial charge on any atom is 0.433 e. The number of alkyl halides is 5. The molecule has 0 bridgehead atoms. The minimum atomic E-state index is -4.58. The highest BCUT2D eigenvalue weighted by atomic mass is 19.4. The number of hydrogen-bond donors (Lipinski definition) is 1. The highest BCUT2D eigenvalue weighted by Crippen LogP contribution is 2.29. The molecule has 0 aromatic carbocycles. The number of carbonyl (C=O) groups is 1. The van der Waals surface area contributed by atoms with Crippen LogP contribution in [-0.4, -0.2) is 53.0 Å². The second kappa shape index (κ2) is 7.16. The molecule has 1 aliphatic heterocycles. The summed E-state index contributed by atoms with van der Waals surface area (Å²) in [4.78, 5) is 15.2. The van der Waals surface area contributed by atoms with E-state index in [2.05, 4.69) is 9.72 Å². The number of pyridine rings is 1. The van der Waals surface area contributed by atoms with Crippen molar-refractivity contribution in [3.8, 4) is 5.75 Å². The van der Waals surface area contributed by atoms with Crippen molar-refractivity contribution in [1.82, 2.24) is 9.88 Å². The van der Waals surface area contributed by atoms with Crippen LogP contribution in [-0.2, 0) is 10.9 Å². The molecule has 1 aromatic heterocycles. The average Bonchev–Trinajstić information content (AvgIpc) is 2.88. The molecule has 0 spiro atoms. The van der Waals surface area contributed by atoms with Gasteiger partial charge in [-0.05, 0) is 12.1 Å². The van der Waals surface area contributed by atoms with Gasteiger partial charge in [0.2, 0.25) is 0 Å². The molecule has 1 aromatic rings.